The quantitative estimate of drug-likeness (QED) is 0.869. The van der Waals surface area contributed by atoms with E-state index in [1.165, 1.54) is 6.07 Å². The van der Waals surface area contributed by atoms with Gasteiger partial charge in [-0.3, -0.25) is 4.79 Å². The zero-order valence-corrected chi connectivity index (χ0v) is 13.0. The Hall–Kier alpha value is -1.11. The maximum Gasteiger partial charge on any atom is 0.326 e. The SMILES string of the molecule is O=C(O)[C@H](NS(=O)(=O)C1CCCCC1)c1ccccc1Cl. The molecule has 0 amide bonds. The average Bonchev–Trinajstić information content (AvgIpc) is 2.46. The van der Waals surface area contributed by atoms with Crippen molar-refractivity contribution in [1.29, 1.82) is 0 Å². The predicted molar refractivity (Wildman–Crippen MR) is 80.8 cm³/mol. The smallest absolute Gasteiger partial charge is 0.326 e. The summed E-state index contributed by atoms with van der Waals surface area (Å²) < 4.78 is 27.0. The van der Waals surface area contributed by atoms with Crippen molar-refractivity contribution in [3.05, 3.63) is 34.9 Å². The van der Waals surface area contributed by atoms with Crippen LogP contribution in [0.1, 0.15) is 43.7 Å². The lowest BCUT2D eigenvalue weighted by Crippen LogP contribution is -2.40. The Morgan fingerprint density at radius 3 is 2.43 bits per heavy atom. The van der Waals surface area contributed by atoms with Gasteiger partial charge < -0.3 is 5.11 Å². The van der Waals surface area contributed by atoms with Crippen LogP contribution in [0.25, 0.3) is 0 Å². The van der Waals surface area contributed by atoms with Crippen LogP contribution in [0, 0.1) is 0 Å². The van der Waals surface area contributed by atoms with Gasteiger partial charge in [0.25, 0.3) is 0 Å². The highest BCUT2D eigenvalue weighted by molar-refractivity contribution is 7.90. The number of rotatable bonds is 5. The van der Waals surface area contributed by atoms with Crippen molar-refractivity contribution < 1.29 is 18.3 Å². The molecule has 0 bridgehead atoms. The van der Waals surface area contributed by atoms with Crippen molar-refractivity contribution in [3.8, 4) is 0 Å². The molecular weight excluding hydrogens is 314 g/mol. The van der Waals surface area contributed by atoms with Crippen molar-refractivity contribution in [3.63, 3.8) is 0 Å². The number of halogens is 1. The highest BCUT2D eigenvalue weighted by Crippen LogP contribution is 2.27. The summed E-state index contributed by atoms with van der Waals surface area (Å²) >= 11 is 5.98. The number of carboxylic acids is 1. The van der Waals surface area contributed by atoms with Crippen molar-refractivity contribution in [1.82, 2.24) is 4.72 Å². The Balaban J connectivity index is 2.24. The fraction of sp³-hybridized carbons (Fsp3) is 0.500. The van der Waals surface area contributed by atoms with Crippen LogP contribution in [0.2, 0.25) is 5.02 Å². The van der Waals surface area contributed by atoms with Crippen LogP contribution < -0.4 is 4.72 Å². The second-order valence-corrected chi connectivity index (χ2v) is 7.62. The molecule has 1 aromatic rings. The van der Waals surface area contributed by atoms with Crippen molar-refractivity contribution >= 4 is 27.6 Å². The van der Waals surface area contributed by atoms with Gasteiger partial charge in [-0.25, -0.2) is 8.42 Å². The van der Waals surface area contributed by atoms with Gasteiger partial charge in [-0.2, -0.15) is 4.72 Å². The molecule has 1 aliphatic carbocycles. The van der Waals surface area contributed by atoms with Crippen molar-refractivity contribution in [2.24, 2.45) is 0 Å². The molecule has 1 aliphatic rings. The Labute approximate surface area is 129 Å². The maximum atomic E-state index is 12.4. The van der Waals surface area contributed by atoms with E-state index in [-0.39, 0.29) is 10.6 Å². The first-order chi connectivity index (χ1) is 9.92. The summed E-state index contributed by atoms with van der Waals surface area (Å²) in [7, 11) is -3.68. The van der Waals surface area contributed by atoms with Gasteiger partial charge in [-0.15, -0.1) is 0 Å². The Bertz CT molecular complexity index is 611. The molecule has 1 saturated carbocycles. The summed E-state index contributed by atoms with van der Waals surface area (Å²) in [5, 5.41) is 9.04. The van der Waals surface area contributed by atoms with Crippen LogP contribution in [-0.4, -0.2) is 24.7 Å². The first-order valence-corrected chi connectivity index (χ1v) is 8.82. The molecule has 0 radical (unpaired) electrons. The molecule has 0 aliphatic heterocycles. The first kappa shape index (κ1) is 16.3. The fourth-order valence-corrected chi connectivity index (χ4v) is 4.54. The molecule has 0 aromatic heterocycles. The largest absolute Gasteiger partial charge is 0.480 e. The number of benzene rings is 1. The normalized spacial score (nSPS) is 18.3. The van der Waals surface area contributed by atoms with Gasteiger partial charge in [-0.05, 0) is 24.5 Å². The number of nitrogens with one attached hydrogen (secondary N) is 1. The van der Waals surface area contributed by atoms with E-state index in [9.17, 15) is 18.3 Å². The standard InChI is InChI=1S/C14H18ClNO4S/c15-12-9-5-4-8-11(12)13(14(17)18)16-21(19,20)10-6-2-1-3-7-10/h4-5,8-10,13,16H,1-3,6-7H2,(H,17,18)/t13-/m1/s1. The number of carbonyl (C=O) groups is 1. The third-order valence-electron chi connectivity index (χ3n) is 3.74. The molecule has 5 nitrogen and oxygen atoms in total. The molecule has 1 aromatic carbocycles. The van der Waals surface area contributed by atoms with E-state index < -0.39 is 27.3 Å². The third-order valence-corrected chi connectivity index (χ3v) is 5.99. The minimum Gasteiger partial charge on any atom is -0.480 e. The number of carboxylic acid groups (broad SMARTS) is 1. The molecule has 1 atom stereocenters. The Kier molecular flexibility index (Phi) is 5.24. The van der Waals surface area contributed by atoms with E-state index in [2.05, 4.69) is 4.72 Å². The van der Waals surface area contributed by atoms with Gasteiger partial charge >= 0.3 is 5.97 Å². The van der Waals surface area contributed by atoms with Gasteiger partial charge in [0.05, 0.1) is 5.25 Å². The molecule has 21 heavy (non-hydrogen) atoms. The number of sulfonamides is 1. The summed E-state index contributed by atoms with van der Waals surface area (Å²) in [5.74, 6) is -1.26. The molecule has 7 heteroatoms. The Morgan fingerprint density at radius 1 is 1.24 bits per heavy atom. The molecule has 0 heterocycles. The summed E-state index contributed by atoms with van der Waals surface area (Å²) in [4.78, 5) is 11.4. The van der Waals surface area contributed by atoms with Crippen LogP contribution in [0.3, 0.4) is 0 Å². The zero-order valence-electron chi connectivity index (χ0n) is 11.5. The highest BCUT2D eigenvalue weighted by Gasteiger charge is 2.33. The van der Waals surface area contributed by atoms with Crippen LogP contribution in [-0.2, 0) is 14.8 Å². The number of hydrogen-bond donors (Lipinski definition) is 2. The summed E-state index contributed by atoms with van der Waals surface area (Å²) in [6, 6.07) is 5.00. The molecular formula is C14H18ClNO4S. The minimum atomic E-state index is -3.68. The highest BCUT2D eigenvalue weighted by atomic mass is 35.5. The van der Waals surface area contributed by atoms with E-state index >= 15 is 0 Å². The summed E-state index contributed by atoms with van der Waals surface area (Å²) in [6.45, 7) is 0. The van der Waals surface area contributed by atoms with Gasteiger partial charge in [-0.1, -0.05) is 49.1 Å². The van der Waals surface area contributed by atoms with Crippen molar-refractivity contribution in [2.45, 2.75) is 43.4 Å². The van der Waals surface area contributed by atoms with Crippen LogP contribution in [0.15, 0.2) is 24.3 Å². The monoisotopic (exact) mass is 331 g/mol. The molecule has 116 valence electrons. The number of hydrogen-bond acceptors (Lipinski definition) is 3. The van der Waals surface area contributed by atoms with E-state index in [0.29, 0.717) is 12.8 Å². The van der Waals surface area contributed by atoms with Crippen LogP contribution in [0.5, 0.6) is 0 Å². The molecule has 0 unspecified atom stereocenters. The lowest BCUT2D eigenvalue weighted by molar-refractivity contribution is -0.139. The van der Waals surface area contributed by atoms with Gasteiger partial charge in [0, 0.05) is 5.02 Å². The predicted octanol–water partition coefficient (Wildman–Crippen LogP) is 2.72. The average molecular weight is 332 g/mol. The molecule has 0 spiro atoms. The molecule has 2 rings (SSSR count). The van der Waals surface area contributed by atoms with E-state index in [0.717, 1.165) is 19.3 Å². The topological polar surface area (TPSA) is 83.5 Å². The van der Waals surface area contributed by atoms with Crippen LogP contribution >= 0.6 is 11.6 Å². The van der Waals surface area contributed by atoms with Crippen LogP contribution in [0.4, 0.5) is 0 Å². The second kappa shape index (κ2) is 6.77. The molecule has 2 N–H and O–H groups in total. The number of aliphatic carboxylic acids is 1. The lowest BCUT2D eigenvalue weighted by Gasteiger charge is -2.24. The second-order valence-electron chi connectivity index (χ2n) is 5.22. The third kappa shape index (κ3) is 3.96. The first-order valence-electron chi connectivity index (χ1n) is 6.90. The van der Waals surface area contributed by atoms with E-state index in [1.54, 1.807) is 18.2 Å². The summed E-state index contributed by atoms with van der Waals surface area (Å²) in [5.41, 5.74) is 0.256. The van der Waals surface area contributed by atoms with Crippen molar-refractivity contribution in [2.75, 3.05) is 0 Å². The maximum absolute atomic E-state index is 12.4. The summed E-state index contributed by atoms with van der Waals surface area (Å²) in [6.07, 6.45) is 3.89. The molecule has 1 fully saturated rings. The van der Waals surface area contributed by atoms with Gasteiger partial charge in [0.2, 0.25) is 10.0 Å². The zero-order chi connectivity index (χ0) is 15.5. The minimum absolute atomic E-state index is 0.233. The van der Waals surface area contributed by atoms with E-state index in [4.69, 9.17) is 11.6 Å². The van der Waals surface area contributed by atoms with Gasteiger partial charge in [0.15, 0.2) is 0 Å². The lowest BCUT2D eigenvalue weighted by atomic mass is 10.0. The van der Waals surface area contributed by atoms with Gasteiger partial charge in [0.1, 0.15) is 6.04 Å². The Morgan fingerprint density at radius 2 is 1.86 bits per heavy atom. The van der Waals surface area contributed by atoms with E-state index in [1.807, 2.05) is 0 Å². The fourth-order valence-electron chi connectivity index (χ4n) is 2.59. The molecule has 0 saturated heterocycles.